The third kappa shape index (κ3) is 4.80. The maximum atomic E-state index is 11.5. The standard InChI is InChI=1S/C14H13Cl2N3O5S/c15-11-2-1-3-12(16)14(11)13(20)7-18-8-4-9(19(21)22)6-10(5-8)25(17,23)24/h1-6,13,18,20H,7H2,(H2,17,23,24). The first-order chi connectivity index (χ1) is 11.6. The zero-order valence-corrected chi connectivity index (χ0v) is 14.8. The normalized spacial score (nSPS) is 12.6. The molecule has 8 nitrogen and oxygen atoms in total. The fraction of sp³-hybridized carbons (Fsp3) is 0.143. The molecule has 0 aromatic heterocycles. The van der Waals surface area contributed by atoms with Gasteiger partial charge in [0, 0.05) is 40.0 Å². The van der Waals surface area contributed by atoms with Crippen molar-refractivity contribution in [3.05, 3.63) is 62.1 Å². The number of sulfonamides is 1. The number of hydrogen-bond acceptors (Lipinski definition) is 6. The van der Waals surface area contributed by atoms with Crippen LogP contribution in [0.3, 0.4) is 0 Å². The molecule has 0 radical (unpaired) electrons. The molecular formula is C14H13Cl2N3O5S. The lowest BCUT2D eigenvalue weighted by atomic mass is 10.1. The van der Waals surface area contributed by atoms with Crippen molar-refractivity contribution < 1.29 is 18.4 Å². The number of hydrogen-bond donors (Lipinski definition) is 3. The van der Waals surface area contributed by atoms with Gasteiger partial charge in [-0.15, -0.1) is 0 Å². The molecular weight excluding hydrogens is 393 g/mol. The van der Waals surface area contributed by atoms with Crippen molar-refractivity contribution in [2.45, 2.75) is 11.0 Å². The number of rotatable bonds is 6. The molecule has 0 heterocycles. The van der Waals surface area contributed by atoms with E-state index in [0.717, 1.165) is 18.2 Å². The van der Waals surface area contributed by atoms with Crippen LogP contribution in [0.15, 0.2) is 41.3 Å². The molecule has 1 unspecified atom stereocenters. The van der Waals surface area contributed by atoms with Gasteiger partial charge >= 0.3 is 0 Å². The average Bonchev–Trinajstić information content (AvgIpc) is 2.51. The Labute approximate surface area is 153 Å². The molecule has 0 aliphatic heterocycles. The summed E-state index contributed by atoms with van der Waals surface area (Å²) in [5.74, 6) is 0. The van der Waals surface area contributed by atoms with E-state index in [9.17, 15) is 23.6 Å². The number of nitro groups is 1. The lowest BCUT2D eigenvalue weighted by molar-refractivity contribution is -0.385. The molecule has 11 heteroatoms. The van der Waals surface area contributed by atoms with Crippen LogP contribution >= 0.6 is 23.2 Å². The number of primary sulfonamides is 1. The number of halogens is 2. The lowest BCUT2D eigenvalue weighted by Gasteiger charge is -2.16. The highest BCUT2D eigenvalue weighted by Crippen LogP contribution is 2.31. The van der Waals surface area contributed by atoms with Crippen LogP contribution in [0.2, 0.25) is 10.0 Å². The minimum absolute atomic E-state index is 0.0976. The second kappa shape index (κ2) is 7.54. The van der Waals surface area contributed by atoms with E-state index in [1.807, 2.05) is 0 Å². The van der Waals surface area contributed by atoms with Crippen molar-refractivity contribution in [2.24, 2.45) is 5.14 Å². The maximum absolute atomic E-state index is 11.5. The first kappa shape index (κ1) is 19.4. The summed E-state index contributed by atoms with van der Waals surface area (Å²) < 4.78 is 22.9. The van der Waals surface area contributed by atoms with Crippen molar-refractivity contribution in [2.75, 3.05) is 11.9 Å². The first-order valence-electron chi connectivity index (χ1n) is 6.77. The van der Waals surface area contributed by atoms with Gasteiger partial charge in [0.2, 0.25) is 10.0 Å². The van der Waals surface area contributed by atoms with E-state index in [0.29, 0.717) is 0 Å². The molecule has 0 aliphatic carbocycles. The smallest absolute Gasteiger partial charge is 0.272 e. The van der Waals surface area contributed by atoms with Crippen molar-refractivity contribution >= 4 is 44.6 Å². The van der Waals surface area contributed by atoms with Crippen LogP contribution in [-0.2, 0) is 10.0 Å². The van der Waals surface area contributed by atoms with Gasteiger partial charge < -0.3 is 10.4 Å². The third-order valence-electron chi connectivity index (χ3n) is 3.26. The molecule has 2 rings (SSSR count). The average molecular weight is 406 g/mol. The van der Waals surface area contributed by atoms with Gasteiger partial charge in [-0.3, -0.25) is 10.1 Å². The van der Waals surface area contributed by atoms with Gasteiger partial charge in [0.05, 0.1) is 15.9 Å². The fourth-order valence-corrected chi connectivity index (χ4v) is 3.33. The fourth-order valence-electron chi connectivity index (χ4n) is 2.10. The van der Waals surface area contributed by atoms with Crippen molar-refractivity contribution in [3.63, 3.8) is 0 Å². The van der Waals surface area contributed by atoms with Crippen molar-refractivity contribution in [1.29, 1.82) is 0 Å². The second-order valence-corrected chi connectivity index (χ2v) is 7.43. The number of non-ortho nitro benzene ring substituents is 1. The number of aliphatic hydroxyl groups excluding tert-OH is 1. The Morgan fingerprint density at radius 3 is 2.36 bits per heavy atom. The molecule has 0 fully saturated rings. The van der Waals surface area contributed by atoms with Crippen LogP contribution in [0.5, 0.6) is 0 Å². The molecule has 0 spiro atoms. The van der Waals surface area contributed by atoms with Crippen LogP contribution in [-0.4, -0.2) is 25.0 Å². The van der Waals surface area contributed by atoms with Gasteiger partial charge in [0.15, 0.2) is 0 Å². The Morgan fingerprint density at radius 2 is 1.84 bits per heavy atom. The number of nitrogens with zero attached hydrogens (tertiary/aromatic N) is 1. The largest absolute Gasteiger partial charge is 0.386 e. The van der Waals surface area contributed by atoms with E-state index in [4.69, 9.17) is 28.3 Å². The van der Waals surface area contributed by atoms with Crippen molar-refractivity contribution in [1.82, 2.24) is 0 Å². The molecule has 1 atom stereocenters. The minimum atomic E-state index is -4.13. The van der Waals surface area contributed by atoms with Gasteiger partial charge in [-0.05, 0) is 18.2 Å². The van der Waals surface area contributed by atoms with Gasteiger partial charge in [-0.1, -0.05) is 29.3 Å². The van der Waals surface area contributed by atoms with Gasteiger partial charge in [-0.25, -0.2) is 13.6 Å². The van der Waals surface area contributed by atoms with Crippen LogP contribution in [0.1, 0.15) is 11.7 Å². The number of benzene rings is 2. The lowest BCUT2D eigenvalue weighted by Crippen LogP contribution is -2.15. The monoisotopic (exact) mass is 405 g/mol. The Kier molecular flexibility index (Phi) is 5.86. The number of anilines is 1. The molecule has 25 heavy (non-hydrogen) atoms. The highest BCUT2D eigenvalue weighted by Gasteiger charge is 2.18. The molecule has 2 aromatic carbocycles. The highest BCUT2D eigenvalue weighted by atomic mass is 35.5. The van der Waals surface area contributed by atoms with E-state index in [2.05, 4.69) is 5.32 Å². The Morgan fingerprint density at radius 1 is 1.24 bits per heavy atom. The zero-order chi connectivity index (χ0) is 18.8. The molecule has 134 valence electrons. The number of aliphatic hydroxyl groups is 1. The van der Waals surface area contributed by atoms with Gasteiger partial charge in [0.25, 0.3) is 5.69 Å². The van der Waals surface area contributed by atoms with Crippen LogP contribution in [0.25, 0.3) is 0 Å². The summed E-state index contributed by atoms with van der Waals surface area (Å²) in [5, 5.41) is 29.4. The summed E-state index contributed by atoms with van der Waals surface area (Å²) >= 11 is 12.0. The second-order valence-electron chi connectivity index (χ2n) is 5.05. The maximum Gasteiger partial charge on any atom is 0.272 e. The zero-order valence-electron chi connectivity index (χ0n) is 12.5. The van der Waals surface area contributed by atoms with Crippen LogP contribution < -0.4 is 10.5 Å². The number of nitrogens with two attached hydrogens (primary N) is 1. The summed E-state index contributed by atoms with van der Waals surface area (Å²) in [6, 6.07) is 7.82. The summed E-state index contributed by atoms with van der Waals surface area (Å²) in [5.41, 5.74) is -0.0739. The number of nitro benzene ring substituents is 1. The summed E-state index contributed by atoms with van der Waals surface area (Å²) in [6.07, 6.45) is -1.13. The van der Waals surface area contributed by atoms with E-state index in [-0.39, 0.29) is 27.8 Å². The molecule has 2 aromatic rings. The third-order valence-corrected chi connectivity index (χ3v) is 4.82. The molecule has 0 amide bonds. The van der Waals surface area contributed by atoms with E-state index < -0.39 is 31.6 Å². The predicted octanol–water partition coefficient (Wildman–Crippen LogP) is 2.69. The van der Waals surface area contributed by atoms with Crippen LogP contribution in [0, 0.1) is 10.1 Å². The molecule has 0 saturated carbocycles. The summed E-state index contributed by atoms with van der Waals surface area (Å²) in [4.78, 5) is 9.77. The Balaban J connectivity index is 2.28. The molecule has 0 aliphatic rings. The number of nitrogens with one attached hydrogen (secondary N) is 1. The van der Waals surface area contributed by atoms with E-state index in [1.165, 1.54) is 0 Å². The Bertz CT molecular complexity index is 900. The van der Waals surface area contributed by atoms with E-state index in [1.54, 1.807) is 18.2 Å². The topological polar surface area (TPSA) is 136 Å². The summed E-state index contributed by atoms with van der Waals surface area (Å²) in [7, 11) is -4.13. The first-order valence-corrected chi connectivity index (χ1v) is 9.08. The van der Waals surface area contributed by atoms with Gasteiger partial charge in [0.1, 0.15) is 0 Å². The van der Waals surface area contributed by atoms with Gasteiger partial charge in [-0.2, -0.15) is 0 Å². The van der Waals surface area contributed by atoms with E-state index >= 15 is 0 Å². The minimum Gasteiger partial charge on any atom is -0.386 e. The highest BCUT2D eigenvalue weighted by molar-refractivity contribution is 7.89. The van der Waals surface area contributed by atoms with Crippen molar-refractivity contribution in [3.8, 4) is 0 Å². The SMILES string of the molecule is NS(=O)(=O)c1cc(NCC(O)c2c(Cl)cccc2Cl)cc([N+](=O)[O-])c1. The molecule has 0 saturated heterocycles. The quantitative estimate of drug-likeness (QED) is 0.499. The molecule has 0 bridgehead atoms. The van der Waals surface area contributed by atoms with Crippen LogP contribution in [0.4, 0.5) is 11.4 Å². The Hall–Kier alpha value is -1.91. The molecule has 4 N–H and O–H groups in total. The predicted molar refractivity (Wildman–Crippen MR) is 94.4 cm³/mol. The summed E-state index contributed by atoms with van der Waals surface area (Å²) in [6.45, 7) is -0.116.